The van der Waals surface area contributed by atoms with Gasteiger partial charge in [0.2, 0.25) is 0 Å². The summed E-state index contributed by atoms with van der Waals surface area (Å²) in [6.45, 7) is -1.55. The van der Waals surface area contributed by atoms with Gasteiger partial charge in [-0.3, -0.25) is 10.1 Å². The zero-order chi connectivity index (χ0) is 12.3. The summed E-state index contributed by atoms with van der Waals surface area (Å²) in [7, 11) is 0. The van der Waals surface area contributed by atoms with Gasteiger partial charge in [0.05, 0.1) is 0 Å². The molecule has 90 valence electrons. The summed E-state index contributed by atoms with van der Waals surface area (Å²) in [6.07, 6.45) is -3.18. The maximum Gasteiger partial charge on any atom is 0.422 e. The molecule has 1 aliphatic carbocycles. The Morgan fingerprint density at radius 3 is 2.62 bits per heavy atom. The second-order valence-electron chi connectivity index (χ2n) is 3.08. The van der Waals surface area contributed by atoms with Gasteiger partial charge in [-0.2, -0.15) is 13.2 Å². The van der Waals surface area contributed by atoms with Gasteiger partial charge in [-0.1, -0.05) is 0 Å². The molecule has 16 heavy (non-hydrogen) atoms. The van der Waals surface area contributed by atoms with Crippen LogP contribution in [0.2, 0.25) is 0 Å². The van der Waals surface area contributed by atoms with E-state index >= 15 is 0 Å². The van der Waals surface area contributed by atoms with Crippen molar-refractivity contribution in [3.05, 3.63) is 33.9 Å². The van der Waals surface area contributed by atoms with Crippen molar-refractivity contribution in [2.45, 2.75) is 18.6 Å². The lowest BCUT2D eigenvalue weighted by Gasteiger charge is -2.14. The van der Waals surface area contributed by atoms with Crippen molar-refractivity contribution in [1.29, 1.82) is 0 Å². The van der Waals surface area contributed by atoms with Crippen molar-refractivity contribution >= 4 is 0 Å². The monoisotopic (exact) mass is 241 g/mol. The maximum absolute atomic E-state index is 13.0. The molecule has 0 aliphatic heterocycles. The first-order valence-corrected chi connectivity index (χ1v) is 4.20. The molecule has 0 saturated heterocycles. The number of rotatable bonds is 3. The molecule has 0 saturated carbocycles. The van der Waals surface area contributed by atoms with E-state index in [0.29, 0.717) is 6.08 Å². The molecule has 0 aromatic carbocycles. The lowest BCUT2D eigenvalue weighted by molar-refractivity contribution is -0.514. The van der Waals surface area contributed by atoms with Crippen LogP contribution in [-0.4, -0.2) is 23.7 Å². The lowest BCUT2D eigenvalue weighted by Crippen LogP contribution is -2.23. The molecule has 0 fully saturated rings. The van der Waals surface area contributed by atoms with E-state index in [1.807, 2.05) is 0 Å². The molecule has 0 bridgehead atoms. The second-order valence-corrected chi connectivity index (χ2v) is 3.08. The van der Waals surface area contributed by atoms with Gasteiger partial charge in [0.1, 0.15) is 5.76 Å². The van der Waals surface area contributed by atoms with E-state index in [4.69, 9.17) is 0 Å². The van der Waals surface area contributed by atoms with E-state index in [1.54, 1.807) is 0 Å². The summed E-state index contributed by atoms with van der Waals surface area (Å²) >= 11 is 0. The molecule has 1 rings (SSSR count). The van der Waals surface area contributed by atoms with Crippen LogP contribution in [-0.2, 0) is 4.74 Å². The highest BCUT2D eigenvalue weighted by Crippen LogP contribution is 2.24. The highest BCUT2D eigenvalue weighted by atomic mass is 19.4. The molecule has 0 aromatic heterocycles. The normalized spacial score (nSPS) is 21.1. The minimum Gasteiger partial charge on any atom is -0.484 e. The molecule has 1 atom stereocenters. The van der Waals surface area contributed by atoms with Crippen molar-refractivity contribution in [1.82, 2.24) is 0 Å². The van der Waals surface area contributed by atoms with E-state index in [0.717, 1.165) is 6.08 Å². The minimum atomic E-state index is -4.52. The van der Waals surface area contributed by atoms with Crippen LogP contribution in [0.4, 0.5) is 17.6 Å². The van der Waals surface area contributed by atoms with Gasteiger partial charge in [-0.25, -0.2) is 4.39 Å². The smallest absolute Gasteiger partial charge is 0.422 e. The fourth-order valence-corrected chi connectivity index (χ4v) is 1.08. The van der Waals surface area contributed by atoms with Crippen LogP contribution in [0, 0.1) is 10.1 Å². The molecule has 1 aliphatic rings. The number of alkyl halides is 3. The molecular formula is C8H7F4NO3. The summed E-state index contributed by atoms with van der Waals surface area (Å²) in [5.41, 5.74) is 0. The van der Waals surface area contributed by atoms with Crippen molar-refractivity contribution in [3.63, 3.8) is 0 Å². The summed E-state index contributed by atoms with van der Waals surface area (Å²) in [4.78, 5) is 9.42. The Labute approximate surface area is 87.3 Å². The molecule has 0 aromatic rings. The number of halogens is 4. The van der Waals surface area contributed by atoms with Gasteiger partial charge in [0.25, 0.3) is 6.04 Å². The first-order valence-electron chi connectivity index (χ1n) is 4.20. The van der Waals surface area contributed by atoms with Crippen LogP contribution < -0.4 is 0 Å². The third-order valence-corrected chi connectivity index (χ3v) is 1.80. The molecule has 0 heterocycles. The van der Waals surface area contributed by atoms with Crippen LogP contribution in [0.5, 0.6) is 0 Å². The Balaban J connectivity index is 2.58. The number of hydrogen-bond acceptors (Lipinski definition) is 3. The van der Waals surface area contributed by atoms with Crippen molar-refractivity contribution in [3.8, 4) is 0 Å². The van der Waals surface area contributed by atoms with Crippen molar-refractivity contribution < 1.29 is 27.2 Å². The molecule has 0 radical (unpaired) electrons. The summed E-state index contributed by atoms with van der Waals surface area (Å²) in [6, 6.07) is -1.53. The average molecular weight is 241 g/mol. The molecule has 4 nitrogen and oxygen atoms in total. The number of allylic oxidation sites excluding steroid dienone is 1. The van der Waals surface area contributed by atoms with Gasteiger partial charge in [0.15, 0.2) is 12.4 Å². The van der Waals surface area contributed by atoms with Crippen LogP contribution in [0.1, 0.15) is 6.42 Å². The predicted molar refractivity (Wildman–Crippen MR) is 44.7 cm³/mol. The molecular weight excluding hydrogens is 234 g/mol. The van der Waals surface area contributed by atoms with Crippen molar-refractivity contribution in [2.24, 2.45) is 0 Å². The van der Waals surface area contributed by atoms with E-state index in [2.05, 4.69) is 4.74 Å². The topological polar surface area (TPSA) is 52.4 Å². The van der Waals surface area contributed by atoms with Gasteiger partial charge in [0, 0.05) is 17.4 Å². The van der Waals surface area contributed by atoms with E-state index in [1.165, 1.54) is 0 Å². The zero-order valence-electron chi connectivity index (χ0n) is 7.83. The average Bonchev–Trinajstić information content (AvgIpc) is 2.13. The van der Waals surface area contributed by atoms with Crippen LogP contribution in [0.15, 0.2) is 23.7 Å². The van der Waals surface area contributed by atoms with Gasteiger partial charge >= 0.3 is 6.18 Å². The van der Waals surface area contributed by atoms with E-state index in [-0.39, 0.29) is 12.2 Å². The Morgan fingerprint density at radius 1 is 1.56 bits per heavy atom. The maximum atomic E-state index is 13.0. The highest BCUT2D eigenvalue weighted by Gasteiger charge is 2.31. The molecule has 0 N–H and O–H groups in total. The third-order valence-electron chi connectivity index (χ3n) is 1.80. The highest BCUT2D eigenvalue weighted by molar-refractivity contribution is 5.23. The number of nitrogens with zero attached hydrogens (tertiary/aromatic N) is 1. The van der Waals surface area contributed by atoms with Gasteiger partial charge < -0.3 is 4.74 Å². The Bertz CT molecular complexity index is 348. The van der Waals surface area contributed by atoms with E-state index < -0.39 is 29.6 Å². The molecule has 8 heteroatoms. The first-order chi connectivity index (χ1) is 7.29. The van der Waals surface area contributed by atoms with Gasteiger partial charge in [-0.05, 0) is 6.08 Å². The molecule has 0 amide bonds. The van der Waals surface area contributed by atoms with Crippen molar-refractivity contribution in [2.75, 3.05) is 6.61 Å². The first kappa shape index (κ1) is 12.5. The Kier molecular flexibility index (Phi) is 3.51. The number of nitro groups is 1. The lowest BCUT2D eigenvalue weighted by atomic mass is 10.1. The zero-order valence-corrected chi connectivity index (χ0v) is 7.83. The molecule has 0 spiro atoms. The van der Waals surface area contributed by atoms with Crippen LogP contribution >= 0.6 is 0 Å². The van der Waals surface area contributed by atoms with Crippen LogP contribution in [0.3, 0.4) is 0 Å². The molecule has 1 unspecified atom stereocenters. The Morgan fingerprint density at radius 2 is 2.19 bits per heavy atom. The largest absolute Gasteiger partial charge is 0.484 e. The minimum absolute atomic E-state index is 0.317. The summed E-state index contributed by atoms with van der Waals surface area (Å²) < 4.78 is 52.4. The third kappa shape index (κ3) is 3.52. The number of hydrogen-bond donors (Lipinski definition) is 0. The van der Waals surface area contributed by atoms with Crippen LogP contribution in [0.25, 0.3) is 0 Å². The second kappa shape index (κ2) is 4.50. The summed E-state index contributed by atoms with van der Waals surface area (Å²) in [5.74, 6) is -1.45. The fourth-order valence-electron chi connectivity index (χ4n) is 1.08. The SMILES string of the molecule is O=[N+]([O-])C1CC=C(OCC(F)(F)F)C=C1F. The Hall–Kier alpha value is -1.60. The predicted octanol–water partition coefficient (Wildman–Crippen LogP) is 2.35. The van der Waals surface area contributed by atoms with E-state index in [9.17, 15) is 27.7 Å². The summed E-state index contributed by atoms with van der Waals surface area (Å²) in [5, 5.41) is 10.3. The quantitative estimate of drug-likeness (QED) is 0.433. The van der Waals surface area contributed by atoms with Gasteiger partial charge in [-0.15, -0.1) is 0 Å². The fraction of sp³-hybridized carbons (Fsp3) is 0.500. The number of ether oxygens (including phenoxy) is 1. The standard InChI is InChI=1S/C8H7F4NO3/c9-6-3-5(16-4-8(10,11)12)1-2-7(6)13(14)15/h1,3,7H,2,4H2.